The fraction of sp³-hybridized carbons (Fsp3) is 0.500. The molecule has 1 saturated carbocycles. The lowest BCUT2D eigenvalue weighted by Crippen LogP contribution is -2.31. The van der Waals surface area contributed by atoms with Crippen molar-refractivity contribution in [2.45, 2.75) is 36.9 Å². The van der Waals surface area contributed by atoms with Gasteiger partial charge in [-0.3, -0.25) is 0 Å². The standard InChI is InChI=1S/C14H16O3/c1-16-12(15)14(11-7-3-2-4-8-11)13(17-14)9-5-6-10-13/h2-4,7-8H,5-6,9-10H2,1H3. The second-order valence-corrected chi connectivity index (χ2v) is 4.84. The zero-order valence-corrected chi connectivity index (χ0v) is 9.94. The Hall–Kier alpha value is -1.35. The van der Waals surface area contributed by atoms with E-state index in [0.29, 0.717) is 0 Å². The number of carbonyl (C=O) groups excluding carboxylic acids is 1. The van der Waals surface area contributed by atoms with Gasteiger partial charge in [0.15, 0.2) is 0 Å². The van der Waals surface area contributed by atoms with Crippen molar-refractivity contribution in [3.8, 4) is 0 Å². The SMILES string of the molecule is COC(=O)C1(c2ccccc2)OC12CCCC2. The molecule has 3 heteroatoms. The number of hydrogen-bond donors (Lipinski definition) is 0. The van der Waals surface area contributed by atoms with E-state index in [1.807, 2.05) is 30.3 Å². The molecule has 1 heterocycles. The van der Waals surface area contributed by atoms with Gasteiger partial charge in [0.05, 0.1) is 7.11 Å². The topological polar surface area (TPSA) is 38.8 Å². The molecule has 1 unspecified atom stereocenters. The third-order valence-corrected chi connectivity index (χ3v) is 4.01. The smallest absolute Gasteiger partial charge is 0.345 e. The molecule has 1 atom stereocenters. The minimum atomic E-state index is -0.834. The summed E-state index contributed by atoms with van der Waals surface area (Å²) in [5, 5.41) is 0. The average Bonchev–Trinajstić information content (AvgIpc) is 2.78. The maximum atomic E-state index is 12.1. The van der Waals surface area contributed by atoms with Gasteiger partial charge in [-0.05, 0) is 18.4 Å². The lowest BCUT2D eigenvalue weighted by atomic mass is 9.85. The van der Waals surface area contributed by atoms with Crippen LogP contribution in [-0.4, -0.2) is 18.7 Å². The van der Waals surface area contributed by atoms with Crippen LogP contribution in [-0.2, 0) is 19.9 Å². The van der Waals surface area contributed by atoms with Crippen molar-refractivity contribution < 1.29 is 14.3 Å². The van der Waals surface area contributed by atoms with Crippen molar-refractivity contribution in [2.24, 2.45) is 0 Å². The summed E-state index contributed by atoms with van der Waals surface area (Å²) in [6.45, 7) is 0. The highest BCUT2D eigenvalue weighted by atomic mass is 16.7. The second kappa shape index (κ2) is 3.57. The Morgan fingerprint density at radius 2 is 1.88 bits per heavy atom. The minimum absolute atomic E-state index is 0.259. The van der Waals surface area contributed by atoms with Gasteiger partial charge in [-0.1, -0.05) is 43.2 Å². The molecule has 1 aliphatic heterocycles. The summed E-state index contributed by atoms with van der Waals surface area (Å²) in [6, 6.07) is 9.71. The van der Waals surface area contributed by atoms with Crippen LogP contribution in [0.4, 0.5) is 0 Å². The summed E-state index contributed by atoms with van der Waals surface area (Å²) in [5.41, 5.74) is -0.199. The van der Waals surface area contributed by atoms with Gasteiger partial charge in [0.2, 0.25) is 5.60 Å². The predicted molar refractivity (Wildman–Crippen MR) is 62.4 cm³/mol. The van der Waals surface area contributed by atoms with E-state index >= 15 is 0 Å². The fourth-order valence-electron chi connectivity index (χ4n) is 3.15. The number of benzene rings is 1. The first-order chi connectivity index (χ1) is 8.25. The van der Waals surface area contributed by atoms with Crippen LogP contribution in [0.2, 0.25) is 0 Å². The molecule has 0 N–H and O–H groups in total. The van der Waals surface area contributed by atoms with Crippen molar-refractivity contribution >= 4 is 5.97 Å². The van der Waals surface area contributed by atoms with Crippen LogP contribution >= 0.6 is 0 Å². The van der Waals surface area contributed by atoms with Crippen LogP contribution in [0.25, 0.3) is 0 Å². The minimum Gasteiger partial charge on any atom is -0.467 e. The molecule has 17 heavy (non-hydrogen) atoms. The van der Waals surface area contributed by atoms with Crippen molar-refractivity contribution in [1.29, 1.82) is 0 Å². The number of carbonyl (C=O) groups is 1. The van der Waals surface area contributed by atoms with Crippen molar-refractivity contribution in [3.63, 3.8) is 0 Å². The van der Waals surface area contributed by atoms with Crippen molar-refractivity contribution in [2.75, 3.05) is 7.11 Å². The number of methoxy groups -OCH3 is 1. The molecule has 1 saturated heterocycles. The second-order valence-electron chi connectivity index (χ2n) is 4.84. The van der Waals surface area contributed by atoms with E-state index in [1.54, 1.807) is 0 Å². The van der Waals surface area contributed by atoms with Crippen LogP contribution in [0.15, 0.2) is 30.3 Å². The van der Waals surface area contributed by atoms with Crippen molar-refractivity contribution in [1.82, 2.24) is 0 Å². The molecule has 0 radical (unpaired) electrons. The first-order valence-corrected chi connectivity index (χ1v) is 6.09. The van der Waals surface area contributed by atoms with Gasteiger partial charge in [0, 0.05) is 0 Å². The van der Waals surface area contributed by atoms with E-state index in [4.69, 9.17) is 9.47 Å². The third-order valence-electron chi connectivity index (χ3n) is 4.01. The molecule has 0 amide bonds. The molecule has 0 aromatic heterocycles. The molecule has 2 fully saturated rings. The molecule has 3 rings (SSSR count). The van der Waals surface area contributed by atoms with Gasteiger partial charge >= 0.3 is 5.97 Å². The van der Waals surface area contributed by atoms with Crippen LogP contribution in [0.3, 0.4) is 0 Å². The number of esters is 1. The first kappa shape index (κ1) is 10.8. The summed E-state index contributed by atoms with van der Waals surface area (Å²) in [5.74, 6) is -0.259. The third kappa shape index (κ3) is 1.29. The molecule has 0 bridgehead atoms. The van der Waals surface area contributed by atoms with Crippen LogP contribution in [0.5, 0.6) is 0 Å². The summed E-state index contributed by atoms with van der Waals surface area (Å²) < 4.78 is 10.9. The van der Waals surface area contributed by atoms with Gasteiger partial charge in [-0.25, -0.2) is 4.79 Å². The number of ether oxygens (including phenoxy) is 2. The van der Waals surface area contributed by atoms with Crippen LogP contribution in [0, 0.1) is 0 Å². The molecule has 90 valence electrons. The Morgan fingerprint density at radius 3 is 2.47 bits per heavy atom. The molecular weight excluding hydrogens is 216 g/mol. The van der Waals surface area contributed by atoms with E-state index < -0.39 is 5.60 Å². The maximum Gasteiger partial charge on any atom is 0.345 e. The summed E-state index contributed by atoms with van der Waals surface area (Å²) in [7, 11) is 1.43. The van der Waals surface area contributed by atoms with Gasteiger partial charge in [0.1, 0.15) is 5.60 Å². The number of hydrogen-bond acceptors (Lipinski definition) is 3. The van der Waals surface area contributed by atoms with Crippen LogP contribution in [0.1, 0.15) is 31.2 Å². The molecule has 1 aromatic rings. The highest BCUT2D eigenvalue weighted by Gasteiger charge is 2.76. The van der Waals surface area contributed by atoms with E-state index in [-0.39, 0.29) is 11.6 Å². The lowest BCUT2D eigenvalue weighted by Gasteiger charge is -2.14. The van der Waals surface area contributed by atoms with Gasteiger partial charge in [-0.15, -0.1) is 0 Å². The monoisotopic (exact) mass is 232 g/mol. The van der Waals surface area contributed by atoms with E-state index in [1.165, 1.54) is 7.11 Å². The molecule has 1 aliphatic carbocycles. The molecular formula is C14H16O3. The Morgan fingerprint density at radius 1 is 1.24 bits per heavy atom. The Bertz CT molecular complexity index is 434. The van der Waals surface area contributed by atoms with Gasteiger partial charge < -0.3 is 9.47 Å². The number of rotatable bonds is 2. The molecule has 1 spiro atoms. The summed E-state index contributed by atoms with van der Waals surface area (Å²) >= 11 is 0. The van der Waals surface area contributed by atoms with E-state index in [2.05, 4.69) is 0 Å². The zero-order valence-electron chi connectivity index (χ0n) is 9.94. The van der Waals surface area contributed by atoms with Crippen LogP contribution < -0.4 is 0 Å². The molecule has 1 aromatic carbocycles. The van der Waals surface area contributed by atoms with E-state index in [9.17, 15) is 4.79 Å². The molecule has 2 aliphatic rings. The van der Waals surface area contributed by atoms with E-state index in [0.717, 1.165) is 31.2 Å². The molecule has 3 nitrogen and oxygen atoms in total. The number of epoxide rings is 1. The summed E-state index contributed by atoms with van der Waals surface area (Å²) in [4.78, 5) is 12.1. The summed E-state index contributed by atoms with van der Waals surface area (Å²) in [6.07, 6.45) is 4.17. The van der Waals surface area contributed by atoms with Gasteiger partial charge in [-0.2, -0.15) is 0 Å². The quantitative estimate of drug-likeness (QED) is 0.580. The highest BCUT2D eigenvalue weighted by Crippen LogP contribution is 2.64. The maximum absolute atomic E-state index is 12.1. The zero-order chi connectivity index (χ0) is 11.9. The normalized spacial score (nSPS) is 29.2. The predicted octanol–water partition coefficient (Wildman–Crippen LogP) is 2.40. The average molecular weight is 232 g/mol. The Kier molecular flexibility index (Phi) is 2.26. The highest BCUT2D eigenvalue weighted by molar-refractivity contribution is 5.86. The Balaban J connectivity index is 2.03. The van der Waals surface area contributed by atoms with Gasteiger partial charge in [0.25, 0.3) is 0 Å². The largest absolute Gasteiger partial charge is 0.467 e. The fourth-order valence-corrected chi connectivity index (χ4v) is 3.15. The first-order valence-electron chi connectivity index (χ1n) is 6.09. The van der Waals surface area contributed by atoms with Crippen molar-refractivity contribution in [3.05, 3.63) is 35.9 Å². The lowest BCUT2D eigenvalue weighted by molar-refractivity contribution is -0.147. The Labute approximate surface area is 101 Å².